The number of piperidine rings is 1. The molecule has 1 aliphatic rings. The fraction of sp³-hybridized carbons (Fsp3) is 0.409. The Kier molecular flexibility index (Phi) is 5.94. The van der Waals surface area contributed by atoms with Gasteiger partial charge < -0.3 is 15.0 Å². The second-order valence-corrected chi connectivity index (χ2v) is 7.15. The van der Waals surface area contributed by atoms with Gasteiger partial charge in [0.2, 0.25) is 0 Å². The van der Waals surface area contributed by atoms with Crippen molar-refractivity contribution >= 4 is 11.7 Å². The van der Waals surface area contributed by atoms with Crippen LogP contribution in [-0.2, 0) is 16.0 Å². The maximum Gasteiger partial charge on any atom is 0.331 e. The third-order valence-electron chi connectivity index (χ3n) is 5.24. The number of hydrogen-bond acceptors (Lipinski definition) is 4. The predicted octanol–water partition coefficient (Wildman–Crippen LogP) is 3.66. The summed E-state index contributed by atoms with van der Waals surface area (Å²) >= 11 is 0. The summed E-state index contributed by atoms with van der Waals surface area (Å²) in [6, 6.07) is 18.6. The topological polar surface area (TPSA) is 41.6 Å². The first-order chi connectivity index (χ1) is 12.6. The molecule has 3 rings (SSSR count). The number of likely N-dealkylation sites (tertiary alicyclic amines) is 1. The average Bonchev–Trinajstić information content (AvgIpc) is 2.67. The van der Waals surface area contributed by atoms with Gasteiger partial charge in [-0.25, -0.2) is 4.79 Å². The zero-order chi connectivity index (χ0) is 18.4. The van der Waals surface area contributed by atoms with Gasteiger partial charge in [-0.3, -0.25) is 0 Å². The van der Waals surface area contributed by atoms with Gasteiger partial charge in [0.15, 0.2) is 0 Å². The molecule has 0 atom stereocenters. The molecule has 1 aliphatic heterocycles. The first kappa shape index (κ1) is 18.5. The van der Waals surface area contributed by atoms with Crippen molar-refractivity contribution in [2.45, 2.75) is 31.7 Å². The minimum atomic E-state index is -0.629. The number of nitrogens with zero attached hydrogens (tertiary/aromatic N) is 1. The molecule has 0 radical (unpaired) electrons. The lowest BCUT2D eigenvalue weighted by atomic mass is 9.86. The maximum absolute atomic E-state index is 12.5. The van der Waals surface area contributed by atoms with E-state index in [0.29, 0.717) is 0 Å². The van der Waals surface area contributed by atoms with Crippen LogP contribution >= 0.6 is 0 Å². The highest BCUT2D eigenvalue weighted by atomic mass is 16.5. The van der Waals surface area contributed by atoms with Gasteiger partial charge in [-0.05, 0) is 43.9 Å². The summed E-state index contributed by atoms with van der Waals surface area (Å²) in [5, 5.41) is 3.45. The number of carbonyl (C=O) groups is 1. The number of rotatable bonds is 6. The number of aryl methyl sites for hydroxylation is 1. The molecule has 1 saturated heterocycles. The van der Waals surface area contributed by atoms with Crippen LogP contribution in [0.25, 0.3) is 0 Å². The number of anilines is 1. The van der Waals surface area contributed by atoms with E-state index in [1.165, 1.54) is 18.2 Å². The number of carbonyl (C=O) groups excluding carboxylic acids is 1. The minimum absolute atomic E-state index is 0.167. The predicted molar refractivity (Wildman–Crippen MR) is 105 cm³/mol. The zero-order valence-electron chi connectivity index (χ0n) is 15.7. The number of methoxy groups -OCH3 is 1. The summed E-state index contributed by atoms with van der Waals surface area (Å²) in [5.74, 6) is -0.167. The minimum Gasteiger partial charge on any atom is -0.467 e. The van der Waals surface area contributed by atoms with Gasteiger partial charge in [-0.15, -0.1) is 0 Å². The highest BCUT2D eigenvalue weighted by Gasteiger charge is 2.42. The molecule has 2 aromatic carbocycles. The van der Waals surface area contributed by atoms with Crippen molar-refractivity contribution in [3.05, 3.63) is 65.7 Å². The molecule has 4 nitrogen and oxygen atoms in total. The summed E-state index contributed by atoms with van der Waals surface area (Å²) in [4.78, 5) is 15.0. The van der Waals surface area contributed by atoms with Crippen LogP contribution in [0.15, 0.2) is 54.6 Å². The van der Waals surface area contributed by atoms with E-state index >= 15 is 0 Å². The Balaban J connectivity index is 1.60. The highest BCUT2D eigenvalue weighted by molar-refractivity contribution is 5.84. The van der Waals surface area contributed by atoms with E-state index in [1.54, 1.807) is 0 Å². The molecule has 2 aromatic rings. The number of benzene rings is 2. The van der Waals surface area contributed by atoms with Gasteiger partial charge in [0.25, 0.3) is 0 Å². The molecular weight excluding hydrogens is 324 g/mol. The largest absolute Gasteiger partial charge is 0.467 e. The summed E-state index contributed by atoms with van der Waals surface area (Å²) in [5.41, 5.74) is 3.01. The van der Waals surface area contributed by atoms with E-state index < -0.39 is 5.54 Å². The van der Waals surface area contributed by atoms with Crippen LogP contribution in [0.4, 0.5) is 5.69 Å². The second kappa shape index (κ2) is 8.37. The van der Waals surface area contributed by atoms with Crippen LogP contribution in [0.3, 0.4) is 0 Å². The van der Waals surface area contributed by atoms with Crippen molar-refractivity contribution in [3.63, 3.8) is 0 Å². The fourth-order valence-electron chi connectivity index (χ4n) is 3.69. The van der Waals surface area contributed by atoms with Crippen LogP contribution < -0.4 is 5.32 Å². The van der Waals surface area contributed by atoms with Crippen LogP contribution in [0.1, 0.15) is 24.0 Å². The smallest absolute Gasteiger partial charge is 0.331 e. The van der Waals surface area contributed by atoms with E-state index in [1.807, 2.05) is 30.3 Å². The average molecular weight is 352 g/mol. The third-order valence-corrected chi connectivity index (χ3v) is 5.24. The Morgan fingerprint density at radius 3 is 2.50 bits per heavy atom. The lowest BCUT2D eigenvalue weighted by molar-refractivity contribution is -0.147. The van der Waals surface area contributed by atoms with Crippen molar-refractivity contribution in [3.8, 4) is 0 Å². The molecule has 1 heterocycles. The Morgan fingerprint density at radius 1 is 1.12 bits per heavy atom. The van der Waals surface area contributed by atoms with Crippen molar-refractivity contribution < 1.29 is 9.53 Å². The molecule has 0 aliphatic carbocycles. The molecule has 4 heteroatoms. The molecule has 1 fully saturated rings. The van der Waals surface area contributed by atoms with E-state index in [2.05, 4.69) is 41.4 Å². The molecule has 26 heavy (non-hydrogen) atoms. The molecule has 0 saturated carbocycles. The van der Waals surface area contributed by atoms with Gasteiger partial charge in [0.05, 0.1) is 7.11 Å². The summed E-state index contributed by atoms with van der Waals surface area (Å²) in [6.45, 7) is 4.93. The van der Waals surface area contributed by atoms with Crippen LogP contribution in [0.2, 0.25) is 0 Å². The number of ether oxygens (including phenoxy) is 1. The number of nitrogens with one attached hydrogen (secondary N) is 1. The normalized spacial score (nSPS) is 16.8. The molecule has 0 unspecified atom stereocenters. The molecule has 0 aromatic heterocycles. The summed E-state index contributed by atoms with van der Waals surface area (Å²) in [7, 11) is 1.47. The first-order valence-electron chi connectivity index (χ1n) is 9.31. The zero-order valence-corrected chi connectivity index (χ0v) is 15.7. The number of para-hydroxylation sites is 1. The standard InChI is InChI=1S/C22H28N2O2/c1-18-7-6-8-19(17-18)11-14-24-15-12-22(13-16-24,21(25)26-2)23-20-9-4-3-5-10-20/h3-10,17,23H,11-16H2,1-2H3. The van der Waals surface area contributed by atoms with Crippen molar-refractivity contribution in [1.82, 2.24) is 4.90 Å². The molecule has 0 bridgehead atoms. The lowest BCUT2D eigenvalue weighted by Crippen LogP contribution is -2.55. The van der Waals surface area contributed by atoms with Crippen molar-refractivity contribution in [2.75, 3.05) is 32.1 Å². The van der Waals surface area contributed by atoms with Gasteiger partial charge in [0.1, 0.15) is 5.54 Å². The Bertz CT molecular complexity index is 722. The van der Waals surface area contributed by atoms with Crippen molar-refractivity contribution in [1.29, 1.82) is 0 Å². The van der Waals surface area contributed by atoms with E-state index in [0.717, 1.165) is 44.6 Å². The third kappa shape index (κ3) is 4.44. The Morgan fingerprint density at radius 2 is 1.85 bits per heavy atom. The van der Waals surface area contributed by atoms with Crippen molar-refractivity contribution in [2.24, 2.45) is 0 Å². The quantitative estimate of drug-likeness (QED) is 0.806. The van der Waals surface area contributed by atoms with Gasteiger partial charge in [-0.2, -0.15) is 0 Å². The molecule has 0 spiro atoms. The Labute approximate surface area is 156 Å². The first-order valence-corrected chi connectivity index (χ1v) is 9.31. The maximum atomic E-state index is 12.5. The van der Waals surface area contributed by atoms with Crippen LogP contribution in [0, 0.1) is 6.92 Å². The number of esters is 1. The van der Waals surface area contributed by atoms with Crippen LogP contribution in [0.5, 0.6) is 0 Å². The molecular formula is C22H28N2O2. The fourth-order valence-corrected chi connectivity index (χ4v) is 3.69. The monoisotopic (exact) mass is 352 g/mol. The summed E-state index contributed by atoms with van der Waals surface area (Å²) < 4.78 is 5.12. The van der Waals surface area contributed by atoms with E-state index in [4.69, 9.17) is 4.74 Å². The van der Waals surface area contributed by atoms with Gasteiger partial charge in [-0.1, -0.05) is 48.0 Å². The number of hydrogen-bond donors (Lipinski definition) is 1. The highest BCUT2D eigenvalue weighted by Crippen LogP contribution is 2.28. The van der Waals surface area contributed by atoms with Gasteiger partial charge in [0, 0.05) is 25.3 Å². The molecule has 138 valence electrons. The van der Waals surface area contributed by atoms with Gasteiger partial charge >= 0.3 is 5.97 Å². The van der Waals surface area contributed by atoms with E-state index in [-0.39, 0.29) is 5.97 Å². The van der Waals surface area contributed by atoms with E-state index in [9.17, 15) is 4.79 Å². The lowest BCUT2D eigenvalue weighted by Gasteiger charge is -2.40. The SMILES string of the molecule is COC(=O)C1(Nc2ccccc2)CCN(CCc2cccc(C)c2)CC1. The molecule has 1 N–H and O–H groups in total. The Hall–Kier alpha value is -2.33. The second-order valence-electron chi connectivity index (χ2n) is 7.15. The molecule has 0 amide bonds. The van der Waals surface area contributed by atoms with Crippen LogP contribution in [-0.4, -0.2) is 43.2 Å². The summed E-state index contributed by atoms with van der Waals surface area (Å²) in [6.07, 6.45) is 2.55.